The molecule has 18 heavy (non-hydrogen) atoms. The summed E-state index contributed by atoms with van der Waals surface area (Å²) in [5.74, 6) is -0.718. The van der Waals surface area contributed by atoms with Gasteiger partial charge in [0.2, 0.25) is 0 Å². The van der Waals surface area contributed by atoms with Crippen molar-refractivity contribution in [3.8, 4) is 0 Å². The van der Waals surface area contributed by atoms with E-state index in [0.717, 1.165) is 0 Å². The molecule has 1 N–H and O–H groups in total. The van der Waals surface area contributed by atoms with Crippen LogP contribution in [0.1, 0.15) is 24.3 Å². The van der Waals surface area contributed by atoms with Gasteiger partial charge in [-0.2, -0.15) is 17.7 Å². The van der Waals surface area contributed by atoms with E-state index in [1.54, 1.807) is 23.9 Å². The molecule has 1 amide bonds. The number of amides is 1. The summed E-state index contributed by atoms with van der Waals surface area (Å²) in [6.45, 7) is 4.58. The fraction of sp³-hybridized carbons (Fsp3) is 0.545. The van der Waals surface area contributed by atoms with Crippen LogP contribution in [-0.2, 0) is 16.1 Å². The number of aryl methyl sites for hydroxylation is 1. The highest BCUT2D eigenvalue weighted by Gasteiger charge is 2.22. The van der Waals surface area contributed by atoms with Crippen LogP contribution in [0, 0.1) is 0 Å². The minimum atomic E-state index is -0.757. The first-order valence-electron chi connectivity index (χ1n) is 5.74. The number of nitrogens with zero attached hydrogens (tertiary/aromatic N) is 2. The Bertz CT molecular complexity index is 419. The first kappa shape index (κ1) is 14.6. The molecule has 1 rings (SSSR count). The minimum Gasteiger partial charge on any atom is -0.464 e. The van der Waals surface area contributed by atoms with Crippen LogP contribution in [0.4, 0.5) is 0 Å². The summed E-state index contributed by atoms with van der Waals surface area (Å²) in [4.78, 5) is 23.3. The zero-order valence-corrected chi connectivity index (χ0v) is 11.3. The van der Waals surface area contributed by atoms with Crippen molar-refractivity contribution < 1.29 is 14.3 Å². The van der Waals surface area contributed by atoms with Crippen molar-refractivity contribution >= 4 is 24.5 Å². The Morgan fingerprint density at radius 3 is 2.78 bits per heavy atom. The number of esters is 1. The summed E-state index contributed by atoms with van der Waals surface area (Å²) >= 11 is 4.02. The number of hydrogen-bond acceptors (Lipinski definition) is 5. The average Bonchev–Trinajstić information content (AvgIpc) is 2.84. The van der Waals surface area contributed by atoms with Gasteiger partial charge in [-0.05, 0) is 19.9 Å². The molecule has 0 saturated heterocycles. The van der Waals surface area contributed by atoms with Crippen LogP contribution < -0.4 is 5.32 Å². The SMILES string of the molecule is CCOC(=O)[C@H](CS)NC(=O)c1ccn(CC)n1. The van der Waals surface area contributed by atoms with Gasteiger partial charge in [0.15, 0.2) is 0 Å². The molecule has 1 heterocycles. The Morgan fingerprint density at radius 1 is 1.56 bits per heavy atom. The van der Waals surface area contributed by atoms with Crippen LogP contribution in [0.15, 0.2) is 12.3 Å². The highest BCUT2D eigenvalue weighted by molar-refractivity contribution is 7.80. The Balaban J connectivity index is 2.64. The van der Waals surface area contributed by atoms with Crippen molar-refractivity contribution in [1.29, 1.82) is 0 Å². The molecule has 0 spiro atoms. The van der Waals surface area contributed by atoms with Crippen molar-refractivity contribution in [3.63, 3.8) is 0 Å². The van der Waals surface area contributed by atoms with Gasteiger partial charge in [0.05, 0.1) is 6.61 Å². The fourth-order valence-corrected chi connectivity index (χ4v) is 1.55. The van der Waals surface area contributed by atoms with E-state index in [-0.39, 0.29) is 18.1 Å². The van der Waals surface area contributed by atoms with E-state index >= 15 is 0 Å². The monoisotopic (exact) mass is 271 g/mol. The average molecular weight is 271 g/mol. The number of carbonyl (C=O) groups is 2. The van der Waals surface area contributed by atoms with Crippen LogP contribution in [0.3, 0.4) is 0 Å². The summed E-state index contributed by atoms with van der Waals surface area (Å²) in [5, 5.41) is 6.59. The van der Waals surface area contributed by atoms with E-state index in [9.17, 15) is 9.59 Å². The third-order valence-electron chi connectivity index (χ3n) is 2.26. The van der Waals surface area contributed by atoms with Gasteiger partial charge in [-0.25, -0.2) is 4.79 Å². The molecule has 0 aliphatic carbocycles. The maximum atomic E-state index is 11.8. The van der Waals surface area contributed by atoms with Gasteiger partial charge in [-0.1, -0.05) is 0 Å². The Morgan fingerprint density at radius 2 is 2.28 bits per heavy atom. The number of aromatic nitrogens is 2. The molecule has 0 unspecified atom stereocenters. The highest BCUT2D eigenvalue weighted by atomic mass is 32.1. The number of rotatable bonds is 6. The molecule has 0 aromatic carbocycles. The molecule has 1 atom stereocenters. The number of hydrogen-bond donors (Lipinski definition) is 2. The molecular weight excluding hydrogens is 254 g/mol. The summed E-state index contributed by atoms with van der Waals surface area (Å²) in [5.41, 5.74) is 0.271. The van der Waals surface area contributed by atoms with Crippen molar-refractivity contribution in [2.75, 3.05) is 12.4 Å². The summed E-state index contributed by atoms with van der Waals surface area (Å²) < 4.78 is 6.46. The molecule has 0 aliphatic heterocycles. The minimum absolute atomic E-state index is 0.180. The standard InChI is InChI=1S/C11H17N3O3S/c1-3-14-6-5-8(13-14)10(15)12-9(7-18)11(16)17-4-2/h5-6,9,18H,3-4,7H2,1-2H3,(H,12,15)/t9-/m0/s1. The molecular formula is C11H17N3O3S. The summed E-state index contributed by atoms with van der Waals surface area (Å²) in [7, 11) is 0. The normalized spacial score (nSPS) is 11.9. The fourth-order valence-electron chi connectivity index (χ4n) is 1.31. The van der Waals surface area contributed by atoms with E-state index in [4.69, 9.17) is 4.74 Å². The van der Waals surface area contributed by atoms with Crippen LogP contribution in [0.5, 0.6) is 0 Å². The predicted molar refractivity (Wildman–Crippen MR) is 69.6 cm³/mol. The smallest absolute Gasteiger partial charge is 0.329 e. The van der Waals surface area contributed by atoms with Crippen molar-refractivity contribution in [2.24, 2.45) is 0 Å². The number of ether oxygens (including phenoxy) is 1. The lowest BCUT2D eigenvalue weighted by Crippen LogP contribution is -2.43. The van der Waals surface area contributed by atoms with Gasteiger partial charge in [0.1, 0.15) is 11.7 Å². The lowest BCUT2D eigenvalue weighted by Gasteiger charge is -2.13. The lowest BCUT2D eigenvalue weighted by atomic mass is 10.3. The molecule has 0 aliphatic rings. The Hall–Kier alpha value is -1.50. The molecule has 1 aromatic rings. The Kier molecular flexibility index (Phi) is 5.70. The second kappa shape index (κ2) is 7.05. The van der Waals surface area contributed by atoms with E-state index in [1.807, 2.05) is 6.92 Å². The van der Waals surface area contributed by atoms with Gasteiger partial charge in [-0.15, -0.1) is 0 Å². The third kappa shape index (κ3) is 3.76. The van der Waals surface area contributed by atoms with E-state index in [2.05, 4.69) is 23.0 Å². The van der Waals surface area contributed by atoms with Crippen LogP contribution in [0.25, 0.3) is 0 Å². The molecule has 0 bridgehead atoms. The van der Waals surface area contributed by atoms with Gasteiger partial charge >= 0.3 is 5.97 Å². The van der Waals surface area contributed by atoms with E-state index < -0.39 is 17.9 Å². The van der Waals surface area contributed by atoms with Crippen LogP contribution >= 0.6 is 12.6 Å². The van der Waals surface area contributed by atoms with Crippen molar-refractivity contribution in [2.45, 2.75) is 26.4 Å². The molecule has 0 fully saturated rings. The van der Waals surface area contributed by atoms with Crippen LogP contribution in [0.2, 0.25) is 0 Å². The zero-order valence-electron chi connectivity index (χ0n) is 10.4. The lowest BCUT2D eigenvalue weighted by molar-refractivity contribution is -0.144. The molecule has 7 heteroatoms. The predicted octanol–water partition coefficient (Wildman–Crippen LogP) is 0.494. The first-order valence-corrected chi connectivity index (χ1v) is 6.37. The number of thiol groups is 1. The highest BCUT2D eigenvalue weighted by Crippen LogP contribution is 1.99. The summed E-state index contributed by atoms with van der Waals surface area (Å²) in [6, 6.07) is 0.840. The van der Waals surface area contributed by atoms with Gasteiger partial charge in [0, 0.05) is 18.5 Å². The topological polar surface area (TPSA) is 73.2 Å². The maximum absolute atomic E-state index is 11.8. The first-order chi connectivity index (χ1) is 8.62. The molecule has 0 saturated carbocycles. The quantitative estimate of drug-likeness (QED) is 0.583. The van der Waals surface area contributed by atoms with Crippen molar-refractivity contribution in [1.82, 2.24) is 15.1 Å². The second-order valence-corrected chi connectivity index (χ2v) is 3.88. The summed E-state index contributed by atoms with van der Waals surface area (Å²) in [6.07, 6.45) is 1.70. The van der Waals surface area contributed by atoms with Gasteiger partial charge in [-0.3, -0.25) is 9.48 Å². The zero-order chi connectivity index (χ0) is 13.5. The maximum Gasteiger partial charge on any atom is 0.329 e. The van der Waals surface area contributed by atoms with Gasteiger partial charge in [0.25, 0.3) is 5.91 Å². The molecule has 1 aromatic heterocycles. The second-order valence-electron chi connectivity index (χ2n) is 3.52. The largest absolute Gasteiger partial charge is 0.464 e. The van der Waals surface area contributed by atoms with Crippen molar-refractivity contribution in [3.05, 3.63) is 18.0 Å². The van der Waals surface area contributed by atoms with E-state index in [1.165, 1.54) is 0 Å². The number of carbonyl (C=O) groups excluding carboxylic acids is 2. The Labute approximate surface area is 111 Å². The number of nitrogens with one attached hydrogen (secondary N) is 1. The third-order valence-corrected chi connectivity index (χ3v) is 2.62. The molecule has 0 radical (unpaired) electrons. The van der Waals surface area contributed by atoms with Crippen LogP contribution in [-0.4, -0.2) is 40.1 Å². The van der Waals surface area contributed by atoms with E-state index in [0.29, 0.717) is 6.54 Å². The van der Waals surface area contributed by atoms with Gasteiger partial charge < -0.3 is 10.1 Å². The molecule has 100 valence electrons. The molecule has 6 nitrogen and oxygen atoms in total.